The Hall–Kier alpha value is -2.11. The van der Waals surface area contributed by atoms with E-state index in [1.807, 2.05) is 19.1 Å². The average molecular weight is 363 g/mol. The zero-order chi connectivity index (χ0) is 17.8. The van der Waals surface area contributed by atoms with Gasteiger partial charge in [0.25, 0.3) is 5.91 Å². The van der Waals surface area contributed by atoms with Crippen molar-refractivity contribution in [1.29, 1.82) is 0 Å². The third-order valence-electron chi connectivity index (χ3n) is 4.53. The number of nitrogens with one attached hydrogen (secondary N) is 2. The molecule has 3 rings (SSSR count). The first kappa shape index (κ1) is 17.7. The number of nitrogens with zero attached hydrogens (tertiary/aromatic N) is 1. The molecule has 2 N–H and O–H groups in total. The van der Waals surface area contributed by atoms with E-state index in [1.165, 1.54) is 17.0 Å². The SMILES string of the molecule is Cc1ccc(N2CC[NH+](CC(=O)Nc3ccc(F)cc3)CC2)cc1Cl. The molecule has 1 aliphatic rings. The van der Waals surface area contributed by atoms with Crippen molar-refractivity contribution >= 4 is 28.9 Å². The minimum atomic E-state index is -0.309. The molecule has 1 aliphatic heterocycles. The van der Waals surface area contributed by atoms with E-state index in [-0.39, 0.29) is 11.7 Å². The lowest BCUT2D eigenvalue weighted by Crippen LogP contribution is -3.15. The standard InChI is InChI=1S/C19H21ClFN3O/c1-14-2-7-17(12-18(14)20)24-10-8-23(9-11-24)13-19(25)22-16-5-3-15(21)4-6-16/h2-7,12H,8-11,13H2,1H3,(H,22,25)/p+1. The molecule has 2 aromatic rings. The first-order valence-electron chi connectivity index (χ1n) is 8.41. The van der Waals surface area contributed by atoms with Gasteiger partial charge >= 0.3 is 0 Å². The number of aryl methyl sites for hydroxylation is 1. The van der Waals surface area contributed by atoms with E-state index in [4.69, 9.17) is 11.6 Å². The molecule has 6 heteroatoms. The number of carbonyl (C=O) groups is 1. The molecule has 0 radical (unpaired) electrons. The van der Waals surface area contributed by atoms with E-state index in [9.17, 15) is 9.18 Å². The molecule has 0 saturated carbocycles. The Morgan fingerprint density at radius 2 is 1.88 bits per heavy atom. The molecule has 1 heterocycles. The summed E-state index contributed by atoms with van der Waals surface area (Å²) in [6, 6.07) is 12.0. The molecule has 1 saturated heterocycles. The van der Waals surface area contributed by atoms with E-state index in [0.717, 1.165) is 42.5 Å². The average Bonchev–Trinajstić information content (AvgIpc) is 2.60. The summed E-state index contributed by atoms with van der Waals surface area (Å²) in [7, 11) is 0. The zero-order valence-corrected chi connectivity index (χ0v) is 14.9. The summed E-state index contributed by atoms with van der Waals surface area (Å²) in [5, 5.41) is 3.60. The number of amides is 1. The Kier molecular flexibility index (Phi) is 5.56. The number of hydrogen-bond acceptors (Lipinski definition) is 2. The summed E-state index contributed by atoms with van der Waals surface area (Å²) in [6.07, 6.45) is 0. The van der Waals surface area contributed by atoms with Crippen LogP contribution in [0.1, 0.15) is 5.56 Å². The van der Waals surface area contributed by atoms with Crippen LogP contribution in [-0.2, 0) is 4.79 Å². The maximum Gasteiger partial charge on any atom is 0.279 e. The second-order valence-electron chi connectivity index (χ2n) is 6.40. The number of hydrogen-bond donors (Lipinski definition) is 2. The highest BCUT2D eigenvalue weighted by Gasteiger charge is 2.22. The molecule has 1 amide bonds. The van der Waals surface area contributed by atoms with Crippen LogP contribution in [0.5, 0.6) is 0 Å². The van der Waals surface area contributed by atoms with Gasteiger partial charge in [-0.1, -0.05) is 17.7 Å². The van der Waals surface area contributed by atoms with Crippen molar-refractivity contribution in [3.8, 4) is 0 Å². The molecule has 1 fully saturated rings. The molecule has 0 unspecified atom stereocenters. The van der Waals surface area contributed by atoms with Gasteiger partial charge < -0.3 is 15.1 Å². The number of quaternary nitrogens is 1. The smallest absolute Gasteiger partial charge is 0.279 e. The molecule has 0 aliphatic carbocycles. The topological polar surface area (TPSA) is 36.8 Å². The summed E-state index contributed by atoms with van der Waals surface area (Å²) in [5.41, 5.74) is 2.83. The molecular formula is C19H22ClFN3O+. The second kappa shape index (κ2) is 7.85. The maximum atomic E-state index is 12.9. The zero-order valence-electron chi connectivity index (χ0n) is 14.2. The van der Waals surface area contributed by atoms with Crippen LogP contribution in [0, 0.1) is 12.7 Å². The number of halogens is 2. The van der Waals surface area contributed by atoms with Crippen LogP contribution >= 0.6 is 11.6 Å². The van der Waals surface area contributed by atoms with Crippen molar-refractivity contribution in [1.82, 2.24) is 0 Å². The van der Waals surface area contributed by atoms with Gasteiger partial charge in [0.15, 0.2) is 6.54 Å². The maximum absolute atomic E-state index is 12.9. The minimum Gasteiger partial charge on any atom is -0.360 e. The first-order valence-corrected chi connectivity index (χ1v) is 8.79. The van der Waals surface area contributed by atoms with Crippen LogP contribution in [-0.4, -0.2) is 38.6 Å². The molecule has 132 valence electrons. The third-order valence-corrected chi connectivity index (χ3v) is 4.94. The van der Waals surface area contributed by atoms with Gasteiger partial charge in [0.2, 0.25) is 0 Å². The van der Waals surface area contributed by atoms with Gasteiger partial charge in [-0.15, -0.1) is 0 Å². The van der Waals surface area contributed by atoms with Gasteiger partial charge in [-0.25, -0.2) is 4.39 Å². The Balaban J connectivity index is 1.49. The van der Waals surface area contributed by atoms with E-state index in [0.29, 0.717) is 12.2 Å². The fourth-order valence-corrected chi connectivity index (χ4v) is 3.18. The summed E-state index contributed by atoms with van der Waals surface area (Å²) in [5.74, 6) is -0.357. The lowest BCUT2D eigenvalue weighted by Gasteiger charge is -2.33. The minimum absolute atomic E-state index is 0.0477. The summed E-state index contributed by atoms with van der Waals surface area (Å²) in [6.45, 7) is 5.97. The Morgan fingerprint density at radius 3 is 2.52 bits per heavy atom. The normalized spacial score (nSPS) is 15.2. The van der Waals surface area contributed by atoms with Gasteiger partial charge in [-0.2, -0.15) is 0 Å². The summed E-state index contributed by atoms with van der Waals surface area (Å²) >= 11 is 6.21. The summed E-state index contributed by atoms with van der Waals surface area (Å²) in [4.78, 5) is 15.7. The molecule has 25 heavy (non-hydrogen) atoms. The van der Waals surface area contributed by atoms with E-state index >= 15 is 0 Å². The van der Waals surface area contributed by atoms with E-state index in [2.05, 4.69) is 16.3 Å². The predicted octanol–water partition coefficient (Wildman–Crippen LogP) is 2.13. The number of carbonyl (C=O) groups excluding carboxylic acids is 1. The Bertz CT molecular complexity index is 743. The number of piperazine rings is 1. The summed E-state index contributed by atoms with van der Waals surface area (Å²) < 4.78 is 12.9. The van der Waals surface area contributed by atoms with Crippen LogP contribution in [0.4, 0.5) is 15.8 Å². The van der Waals surface area contributed by atoms with Gasteiger partial charge in [-0.3, -0.25) is 4.79 Å². The first-order chi connectivity index (χ1) is 12.0. The molecule has 0 spiro atoms. The monoisotopic (exact) mass is 362 g/mol. The second-order valence-corrected chi connectivity index (χ2v) is 6.81. The molecule has 0 aromatic heterocycles. The van der Waals surface area contributed by atoms with Gasteiger partial charge in [0, 0.05) is 16.4 Å². The number of anilines is 2. The third kappa shape index (κ3) is 4.71. The highest BCUT2D eigenvalue weighted by Crippen LogP contribution is 2.23. The number of rotatable bonds is 4. The van der Waals surface area contributed by atoms with Crippen molar-refractivity contribution in [2.24, 2.45) is 0 Å². The van der Waals surface area contributed by atoms with Gasteiger partial charge in [0.05, 0.1) is 26.2 Å². The fraction of sp³-hybridized carbons (Fsp3) is 0.316. The van der Waals surface area contributed by atoms with Crippen LogP contribution in [0.3, 0.4) is 0 Å². The Labute approximate surface area is 152 Å². The van der Waals surface area contributed by atoms with Crippen molar-refractivity contribution in [3.05, 3.63) is 58.9 Å². The number of benzene rings is 2. The lowest BCUT2D eigenvalue weighted by atomic mass is 10.2. The van der Waals surface area contributed by atoms with Crippen molar-refractivity contribution in [3.63, 3.8) is 0 Å². The quantitative estimate of drug-likeness (QED) is 0.874. The van der Waals surface area contributed by atoms with Crippen LogP contribution in [0.25, 0.3) is 0 Å². The van der Waals surface area contributed by atoms with Crippen molar-refractivity contribution in [2.75, 3.05) is 42.9 Å². The van der Waals surface area contributed by atoms with E-state index < -0.39 is 0 Å². The van der Waals surface area contributed by atoms with Crippen LogP contribution < -0.4 is 15.1 Å². The van der Waals surface area contributed by atoms with Gasteiger partial charge in [-0.05, 0) is 48.9 Å². The predicted molar refractivity (Wildman–Crippen MR) is 99.0 cm³/mol. The Morgan fingerprint density at radius 1 is 1.20 bits per heavy atom. The van der Waals surface area contributed by atoms with Crippen molar-refractivity contribution in [2.45, 2.75) is 6.92 Å². The largest absolute Gasteiger partial charge is 0.360 e. The lowest BCUT2D eigenvalue weighted by molar-refractivity contribution is -0.892. The van der Waals surface area contributed by atoms with E-state index in [1.54, 1.807) is 12.1 Å². The molecular weight excluding hydrogens is 341 g/mol. The van der Waals surface area contributed by atoms with Crippen LogP contribution in [0.2, 0.25) is 5.02 Å². The highest BCUT2D eigenvalue weighted by atomic mass is 35.5. The highest BCUT2D eigenvalue weighted by molar-refractivity contribution is 6.31. The molecule has 0 bridgehead atoms. The molecule has 4 nitrogen and oxygen atoms in total. The molecule has 2 aromatic carbocycles. The molecule has 0 atom stereocenters. The van der Waals surface area contributed by atoms with Gasteiger partial charge in [0.1, 0.15) is 5.82 Å². The van der Waals surface area contributed by atoms with Crippen LogP contribution in [0.15, 0.2) is 42.5 Å². The fourth-order valence-electron chi connectivity index (χ4n) is 3.00. The van der Waals surface area contributed by atoms with Crippen molar-refractivity contribution < 1.29 is 14.1 Å².